The van der Waals surface area contributed by atoms with Crippen LogP contribution in [0.15, 0.2) is 18.2 Å². The maximum atomic E-state index is 12.5. The molecule has 0 atom stereocenters. The number of fused-ring (bicyclic) bond motifs is 1. The Kier molecular flexibility index (Phi) is 4.96. The van der Waals surface area contributed by atoms with Gasteiger partial charge in [-0.1, -0.05) is 37.0 Å². The molecule has 1 aliphatic rings. The second kappa shape index (κ2) is 6.99. The molecule has 0 aliphatic carbocycles. The highest BCUT2D eigenvalue weighted by atomic mass is 35.5. The topological polar surface area (TPSA) is 63.1 Å². The zero-order valence-corrected chi connectivity index (χ0v) is 15.1. The van der Waals surface area contributed by atoms with Crippen LogP contribution < -0.4 is 5.32 Å². The van der Waals surface area contributed by atoms with E-state index in [9.17, 15) is 4.79 Å². The second-order valence-electron chi connectivity index (χ2n) is 6.26. The minimum atomic E-state index is -0.209. The van der Waals surface area contributed by atoms with Gasteiger partial charge in [0, 0.05) is 24.5 Å². The van der Waals surface area contributed by atoms with Gasteiger partial charge in [0.15, 0.2) is 5.82 Å². The summed E-state index contributed by atoms with van der Waals surface area (Å²) in [4.78, 5) is 14.2. The molecule has 0 bridgehead atoms. The number of anilines is 1. The zero-order valence-electron chi connectivity index (χ0n) is 13.6. The fraction of sp³-hybridized carbons (Fsp3) is 0.438. The maximum Gasteiger partial charge on any atom is 0.322 e. The van der Waals surface area contributed by atoms with Gasteiger partial charge in [-0.25, -0.2) is 4.79 Å². The van der Waals surface area contributed by atoms with Gasteiger partial charge >= 0.3 is 6.03 Å². The van der Waals surface area contributed by atoms with Crippen molar-refractivity contribution in [3.63, 3.8) is 0 Å². The van der Waals surface area contributed by atoms with Crippen LogP contribution in [0.1, 0.15) is 25.5 Å². The quantitative estimate of drug-likeness (QED) is 0.896. The van der Waals surface area contributed by atoms with Gasteiger partial charge in [-0.15, -0.1) is 10.2 Å². The molecule has 0 saturated carbocycles. The molecule has 0 fully saturated rings. The lowest BCUT2D eigenvalue weighted by atomic mass is 10.1. The third kappa shape index (κ3) is 3.65. The molecule has 6 nitrogen and oxygen atoms in total. The number of amides is 2. The van der Waals surface area contributed by atoms with Crippen LogP contribution in [0.3, 0.4) is 0 Å². The number of urea groups is 1. The van der Waals surface area contributed by atoms with Crippen molar-refractivity contribution in [2.24, 2.45) is 5.92 Å². The molecule has 1 N–H and O–H groups in total. The Labute approximate surface area is 150 Å². The third-order valence-corrected chi connectivity index (χ3v) is 4.43. The molecule has 3 rings (SSSR count). The summed E-state index contributed by atoms with van der Waals surface area (Å²) >= 11 is 12.0. The monoisotopic (exact) mass is 367 g/mol. The summed E-state index contributed by atoms with van der Waals surface area (Å²) in [7, 11) is 0. The largest absolute Gasteiger partial charge is 0.322 e. The van der Waals surface area contributed by atoms with E-state index >= 15 is 0 Å². The van der Waals surface area contributed by atoms with E-state index in [4.69, 9.17) is 23.2 Å². The highest BCUT2D eigenvalue weighted by Crippen LogP contribution is 2.26. The van der Waals surface area contributed by atoms with Crippen LogP contribution >= 0.6 is 23.2 Å². The molecule has 1 aromatic carbocycles. The Hall–Kier alpha value is -1.79. The Balaban J connectivity index is 1.69. The Bertz CT molecular complexity index is 759. The number of hydrogen-bond acceptors (Lipinski definition) is 3. The molecule has 128 valence electrons. The third-order valence-electron chi connectivity index (χ3n) is 3.88. The second-order valence-corrected chi connectivity index (χ2v) is 7.10. The van der Waals surface area contributed by atoms with E-state index in [0.717, 1.165) is 18.1 Å². The van der Waals surface area contributed by atoms with Crippen LogP contribution in [0.5, 0.6) is 0 Å². The van der Waals surface area contributed by atoms with Gasteiger partial charge in [0.1, 0.15) is 5.82 Å². The van der Waals surface area contributed by atoms with Crippen LogP contribution in [0.2, 0.25) is 10.0 Å². The summed E-state index contributed by atoms with van der Waals surface area (Å²) in [5.41, 5.74) is 0.540. The first kappa shape index (κ1) is 17.0. The van der Waals surface area contributed by atoms with Crippen molar-refractivity contribution in [3.8, 4) is 0 Å². The van der Waals surface area contributed by atoms with Crippen LogP contribution in [0.4, 0.5) is 10.5 Å². The van der Waals surface area contributed by atoms with Gasteiger partial charge in [0.25, 0.3) is 0 Å². The fourth-order valence-electron chi connectivity index (χ4n) is 2.69. The molecule has 2 amide bonds. The maximum absolute atomic E-state index is 12.5. The highest BCUT2D eigenvalue weighted by molar-refractivity contribution is 6.36. The molecule has 24 heavy (non-hydrogen) atoms. The zero-order chi connectivity index (χ0) is 17.3. The van der Waals surface area contributed by atoms with E-state index in [-0.39, 0.29) is 6.03 Å². The van der Waals surface area contributed by atoms with E-state index in [0.29, 0.717) is 41.3 Å². The summed E-state index contributed by atoms with van der Waals surface area (Å²) in [5.74, 6) is 2.32. The first-order valence-electron chi connectivity index (χ1n) is 7.86. The minimum Gasteiger partial charge on any atom is -0.315 e. The van der Waals surface area contributed by atoms with Gasteiger partial charge in [0.2, 0.25) is 0 Å². The van der Waals surface area contributed by atoms with Crippen molar-refractivity contribution < 1.29 is 4.79 Å². The summed E-state index contributed by atoms with van der Waals surface area (Å²) in [6, 6.07) is 4.77. The smallest absolute Gasteiger partial charge is 0.315 e. The first-order valence-corrected chi connectivity index (χ1v) is 8.61. The lowest BCUT2D eigenvalue weighted by Crippen LogP contribution is -2.41. The Morgan fingerprint density at radius 2 is 2.08 bits per heavy atom. The molecule has 1 aromatic heterocycles. The van der Waals surface area contributed by atoms with Crippen LogP contribution in [-0.4, -0.2) is 32.2 Å². The van der Waals surface area contributed by atoms with Gasteiger partial charge < -0.3 is 14.8 Å². The predicted molar refractivity (Wildman–Crippen MR) is 94.5 cm³/mol. The van der Waals surface area contributed by atoms with Gasteiger partial charge in [-0.3, -0.25) is 0 Å². The van der Waals surface area contributed by atoms with Gasteiger partial charge in [0.05, 0.1) is 17.3 Å². The van der Waals surface area contributed by atoms with Crippen molar-refractivity contribution in [2.75, 3.05) is 11.9 Å². The minimum absolute atomic E-state index is 0.209. The molecule has 0 saturated heterocycles. The average molecular weight is 368 g/mol. The lowest BCUT2D eigenvalue weighted by molar-refractivity contribution is 0.195. The molecular weight excluding hydrogens is 349 g/mol. The van der Waals surface area contributed by atoms with Crippen molar-refractivity contribution in [1.29, 1.82) is 0 Å². The number of rotatable bonds is 3. The van der Waals surface area contributed by atoms with Crippen molar-refractivity contribution >= 4 is 34.9 Å². The number of halogens is 2. The Morgan fingerprint density at radius 3 is 2.79 bits per heavy atom. The summed E-state index contributed by atoms with van der Waals surface area (Å²) < 4.78 is 2.11. The van der Waals surface area contributed by atoms with Crippen molar-refractivity contribution in [1.82, 2.24) is 19.7 Å². The average Bonchev–Trinajstić information content (AvgIpc) is 2.91. The molecule has 1 aliphatic heterocycles. The fourth-order valence-corrected chi connectivity index (χ4v) is 3.15. The normalized spacial score (nSPS) is 14.0. The molecule has 0 radical (unpaired) electrons. The molecule has 8 heteroatoms. The number of nitrogens with one attached hydrogen (secondary N) is 1. The van der Waals surface area contributed by atoms with E-state index in [2.05, 4.69) is 33.9 Å². The summed E-state index contributed by atoms with van der Waals surface area (Å²) in [6.45, 7) is 6.04. The van der Waals surface area contributed by atoms with E-state index < -0.39 is 0 Å². The van der Waals surface area contributed by atoms with Gasteiger partial charge in [-0.05, 0) is 24.1 Å². The SMILES string of the molecule is CC(C)Cc1nnc2n1CCN(C(=O)Nc1ccc(Cl)cc1Cl)C2. The number of carbonyl (C=O) groups excluding carboxylic acids is 1. The standard InChI is InChI=1S/C16H19Cl2N5O/c1-10(2)7-14-20-21-15-9-22(5-6-23(14)15)16(24)19-13-4-3-11(17)8-12(13)18/h3-4,8,10H,5-7,9H2,1-2H3,(H,19,24). The summed E-state index contributed by atoms with van der Waals surface area (Å²) in [5, 5.41) is 12.2. The molecule has 2 heterocycles. The van der Waals surface area contributed by atoms with Crippen molar-refractivity contribution in [2.45, 2.75) is 33.4 Å². The number of aromatic nitrogens is 3. The summed E-state index contributed by atoms with van der Waals surface area (Å²) in [6.07, 6.45) is 0.888. The van der Waals surface area contributed by atoms with Crippen LogP contribution in [-0.2, 0) is 19.5 Å². The van der Waals surface area contributed by atoms with Gasteiger partial charge in [-0.2, -0.15) is 0 Å². The number of nitrogens with zero attached hydrogens (tertiary/aromatic N) is 4. The highest BCUT2D eigenvalue weighted by Gasteiger charge is 2.25. The van der Waals surface area contributed by atoms with E-state index in [1.54, 1.807) is 23.1 Å². The lowest BCUT2D eigenvalue weighted by Gasteiger charge is -2.28. The number of carbonyl (C=O) groups is 1. The molecule has 0 unspecified atom stereocenters. The van der Waals surface area contributed by atoms with E-state index in [1.165, 1.54) is 0 Å². The van der Waals surface area contributed by atoms with E-state index in [1.807, 2.05) is 0 Å². The Morgan fingerprint density at radius 1 is 1.29 bits per heavy atom. The molecule has 0 spiro atoms. The molecular formula is C16H19Cl2N5O. The van der Waals surface area contributed by atoms with Crippen LogP contribution in [0.25, 0.3) is 0 Å². The van der Waals surface area contributed by atoms with Crippen LogP contribution in [0, 0.1) is 5.92 Å². The predicted octanol–water partition coefficient (Wildman–Crippen LogP) is 3.83. The first-order chi connectivity index (χ1) is 11.4. The molecule has 2 aromatic rings. The number of hydrogen-bond donors (Lipinski definition) is 1. The van der Waals surface area contributed by atoms with Crippen molar-refractivity contribution in [3.05, 3.63) is 39.9 Å². The number of benzene rings is 1.